The summed E-state index contributed by atoms with van der Waals surface area (Å²) in [5, 5.41) is 4.01. The number of aryl methyl sites for hydroxylation is 1. The summed E-state index contributed by atoms with van der Waals surface area (Å²) in [4.78, 5) is 22.2. The van der Waals surface area contributed by atoms with E-state index in [0.29, 0.717) is 11.4 Å². The van der Waals surface area contributed by atoms with E-state index in [1.54, 1.807) is 13.8 Å². The molecule has 0 unspecified atom stereocenters. The summed E-state index contributed by atoms with van der Waals surface area (Å²) in [5.41, 5.74) is 11.5. The lowest BCUT2D eigenvalue weighted by Crippen LogP contribution is -2.16. The summed E-state index contributed by atoms with van der Waals surface area (Å²) in [7, 11) is 0. The molecule has 0 spiro atoms. The van der Waals surface area contributed by atoms with E-state index < -0.39 is 11.9 Å². The maximum Gasteiger partial charge on any atom is 0.359 e. The molecule has 0 saturated carbocycles. The molecule has 1 aromatic heterocycles. The zero-order valence-electron chi connectivity index (χ0n) is 9.90. The van der Waals surface area contributed by atoms with Gasteiger partial charge in [-0.05, 0) is 13.8 Å². The van der Waals surface area contributed by atoms with E-state index in [1.165, 1.54) is 4.68 Å². The van der Waals surface area contributed by atoms with Crippen LogP contribution >= 0.6 is 0 Å². The zero-order chi connectivity index (χ0) is 13.0. The molecule has 0 radical (unpaired) electrons. The third-order valence-electron chi connectivity index (χ3n) is 2.28. The Bertz CT molecular complexity index is 439. The van der Waals surface area contributed by atoms with Gasteiger partial charge in [0.25, 0.3) is 0 Å². The SMILES string of the molecule is CCOC(=O)c1nn(CCC(N)=O)c(N)c1C. The predicted molar refractivity (Wildman–Crippen MR) is 61.1 cm³/mol. The van der Waals surface area contributed by atoms with Crippen LogP contribution in [0.5, 0.6) is 0 Å². The zero-order valence-corrected chi connectivity index (χ0v) is 9.90. The van der Waals surface area contributed by atoms with E-state index in [2.05, 4.69) is 5.10 Å². The standard InChI is InChI=1S/C10H16N4O3/c1-3-17-10(16)8-6(2)9(12)14(13-8)5-4-7(11)15/h3-5,12H2,1-2H3,(H2,11,15). The molecule has 1 amide bonds. The first kappa shape index (κ1) is 13.0. The third kappa shape index (κ3) is 2.96. The second kappa shape index (κ2) is 5.33. The lowest BCUT2D eigenvalue weighted by Gasteiger charge is -2.01. The van der Waals surface area contributed by atoms with Crippen molar-refractivity contribution in [1.29, 1.82) is 0 Å². The van der Waals surface area contributed by atoms with Crippen molar-refractivity contribution in [3.05, 3.63) is 11.3 Å². The number of anilines is 1. The maximum absolute atomic E-state index is 11.5. The van der Waals surface area contributed by atoms with Crippen molar-refractivity contribution >= 4 is 17.7 Å². The molecule has 0 aliphatic heterocycles. The molecule has 1 rings (SSSR count). The summed E-state index contributed by atoms with van der Waals surface area (Å²) >= 11 is 0. The Morgan fingerprint density at radius 2 is 2.12 bits per heavy atom. The van der Waals surface area contributed by atoms with Crippen LogP contribution in [0, 0.1) is 6.92 Å². The Morgan fingerprint density at radius 1 is 1.47 bits per heavy atom. The lowest BCUT2D eigenvalue weighted by molar-refractivity contribution is -0.118. The number of nitrogens with two attached hydrogens (primary N) is 2. The van der Waals surface area contributed by atoms with Gasteiger partial charge < -0.3 is 16.2 Å². The molecule has 94 valence electrons. The third-order valence-corrected chi connectivity index (χ3v) is 2.28. The highest BCUT2D eigenvalue weighted by molar-refractivity contribution is 5.90. The Balaban J connectivity index is 2.91. The van der Waals surface area contributed by atoms with Gasteiger partial charge >= 0.3 is 5.97 Å². The number of hydrogen-bond donors (Lipinski definition) is 2. The Kier molecular flexibility index (Phi) is 4.08. The monoisotopic (exact) mass is 240 g/mol. The van der Waals surface area contributed by atoms with Crippen molar-refractivity contribution in [1.82, 2.24) is 9.78 Å². The van der Waals surface area contributed by atoms with Crippen molar-refractivity contribution in [2.75, 3.05) is 12.3 Å². The minimum Gasteiger partial charge on any atom is -0.461 e. The number of carbonyl (C=O) groups excluding carboxylic acids is 2. The number of amides is 1. The first-order chi connectivity index (χ1) is 7.97. The quantitative estimate of drug-likeness (QED) is 0.693. The fourth-order valence-electron chi connectivity index (χ4n) is 1.34. The van der Waals surface area contributed by atoms with E-state index in [0.717, 1.165) is 0 Å². The fourth-order valence-corrected chi connectivity index (χ4v) is 1.34. The van der Waals surface area contributed by atoms with Crippen LogP contribution in [-0.2, 0) is 16.1 Å². The molecule has 0 saturated heterocycles. The van der Waals surface area contributed by atoms with Crippen molar-refractivity contribution in [3.8, 4) is 0 Å². The molecule has 4 N–H and O–H groups in total. The molecule has 1 heterocycles. The van der Waals surface area contributed by atoms with E-state index in [4.69, 9.17) is 16.2 Å². The minimum atomic E-state index is -0.519. The van der Waals surface area contributed by atoms with Crippen molar-refractivity contribution in [2.45, 2.75) is 26.8 Å². The summed E-state index contributed by atoms with van der Waals surface area (Å²) in [5.74, 6) is -0.626. The number of aromatic nitrogens is 2. The average Bonchev–Trinajstić information content (AvgIpc) is 2.54. The predicted octanol–water partition coefficient (Wildman–Crippen LogP) is -0.174. The summed E-state index contributed by atoms with van der Waals surface area (Å²) < 4.78 is 6.22. The first-order valence-corrected chi connectivity index (χ1v) is 5.25. The molecule has 17 heavy (non-hydrogen) atoms. The van der Waals surface area contributed by atoms with Crippen LogP contribution in [0.4, 0.5) is 5.82 Å². The van der Waals surface area contributed by atoms with Gasteiger partial charge in [-0.3, -0.25) is 4.79 Å². The van der Waals surface area contributed by atoms with Crippen LogP contribution in [0.1, 0.15) is 29.4 Å². The molecule has 7 heteroatoms. The van der Waals surface area contributed by atoms with Crippen LogP contribution in [0.3, 0.4) is 0 Å². The molecule has 7 nitrogen and oxygen atoms in total. The highest BCUT2D eigenvalue weighted by atomic mass is 16.5. The molecule has 0 bridgehead atoms. The lowest BCUT2D eigenvalue weighted by atomic mass is 10.2. The number of nitrogens with zero attached hydrogens (tertiary/aromatic N) is 2. The van der Waals surface area contributed by atoms with Crippen LogP contribution in [0.2, 0.25) is 0 Å². The van der Waals surface area contributed by atoms with Gasteiger partial charge in [0.1, 0.15) is 5.82 Å². The first-order valence-electron chi connectivity index (χ1n) is 5.25. The van der Waals surface area contributed by atoms with Gasteiger partial charge in [-0.2, -0.15) is 5.10 Å². The summed E-state index contributed by atoms with van der Waals surface area (Å²) in [6, 6.07) is 0. The number of nitrogen functional groups attached to an aromatic ring is 1. The number of ether oxygens (including phenoxy) is 1. The van der Waals surface area contributed by atoms with E-state index in [9.17, 15) is 9.59 Å². The normalized spacial score (nSPS) is 10.2. The van der Waals surface area contributed by atoms with E-state index in [1.807, 2.05) is 0 Å². The molecule has 1 aromatic rings. The van der Waals surface area contributed by atoms with Crippen molar-refractivity contribution in [3.63, 3.8) is 0 Å². The Hall–Kier alpha value is -2.05. The summed E-state index contributed by atoms with van der Waals surface area (Å²) in [6.07, 6.45) is 0.119. The van der Waals surface area contributed by atoms with Gasteiger partial charge in [0, 0.05) is 12.0 Å². The van der Waals surface area contributed by atoms with Gasteiger partial charge in [-0.1, -0.05) is 0 Å². The Labute approximate surface area is 98.7 Å². The van der Waals surface area contributed by atoms with Gasteiger partial charge in [0.2, 0.25) is 5.91 Å². The number of carbonyl (C=O) groups is 2. The van der Waals surface area contributed by atoms with Gasteiger partial charge in [-0.15, -0.1) is 0 Å². The molecule has 0 aromatic carbocycles. The number of esters is 1. The van der Waals surface area contributed by atoms with Gasteiger partial charge in [-0.25, -0.2) is 9.48 Å². The van der Waals surface area contributed by atoms with Crippen molar-refractivity contribution < 1.29 is 14.3 Å². The van der Waals surface area contributed by atoms with Crippen molar-refractivity contribution in [2.24, 2.45) is 5.73 Å². The maximum atomic E-state index is 11.5. The average molecular weight is 240 g/mol. The largest absolute Gasteiger partial charge is 0.461 e. The van der Waals surface area contributed by atoms with Crippen LogP contribution in [0.15, 0.2) is 0 Å². The number of rotatable bonds is 5. The number of primary amides is 1. The molecular weight excluding hydrogens is 224 g/mol. The smallest absolute Gasteiger partial charge is 0.359 e. The Morgan fingerprint density at radius 3 is 2.65 bits per heavy atom. The fraction of sp³-hybridized carbons (Fsp3) is 0.500. The topological polar surface area (TPSA) is 113 Å². The van der Waals surface area contributed by atoms with Gasteiger partial charge in [0.15, 0.2) is 5.69 Å². The van der Waals surface area contributed by atoms with E-state index in [-0.39, 0.29) is 25.3 Å². The second-order valence-corrected chi connectivity index (χ2v) is 3.52. The summed E-state index contributed by atoms with van der Waals surface area (Å²) in [6.45, 7) is 3.91. The van der Waals surface area contributed by atoms with E-state index >= 15 is 0 Å². The van der Waals surface area contributed by atoms with Crippen LogP contribution < -0.4 is 11.5 Å². The molecular formula is C10H16N4O3. The number of hydrogen-bond acceptors (Lipinski definition) is 5. The molecule has 0 aliphatic rings. The van der Waals surface area contributed by atoms with Crippen LogP contribution in [-0.4, -0.2) is 28.3 Å². The molecule has 0 fully saturated rings. The molecule has 0 atom stereocenters. The molecule has 0 aliphatic carbocycles. The van der Waals surface area contributed by atoms with Gasteiger partial charge in [0.05, 0.1) is 13.2 Å². The highest BCUT2D eigenvalue weighted by Gasteiger charge is 2.19. The second-order valence-electron chi connectivity index (χ2n) is 3.52. The van der Waals surface area contributed by atoms with Crippen LogP contribution in [0.25, 0.3) is 0 Å². The minimum absolute atomic E-state index is 0.119. The highest BCUT2D eigenvalue weighted by Crippen LogP contribution is 2.16.